The number of aromatic amines is 1. The maximum atomic E-state index is 12.3. The molecule has 0 aliphatic heterocycles. The number of aromatic nitrogens is 1. The number of ketones is 1. The Balaban J connectivity index is 0.00000220. The zero-order chi connectivity index (χ0) is 14.5. The Bertz CT molecular complexity index is 590. The van der Waals surface area contributed by atoms with Crippen LogP contribution in [0.2, 0.25) is 0 Å². The van der Waals surface area contributed by atoms with E-state index in [-0.39, 0.29) is 18.2 Å². The molecular weight excluding hydrogens is 284 g/mol. The van der Waals surface area contributed by atoms with E-state index in [1.807, 2.05) is 37.3 Å². The van der Waals surface area contributed by atoms with E-state index in [2.05, 4.69) is 11.9 Å². The zero-order valence-corrected chi connectivity index (χ0v) is 13.4. The van der Waals surface area contributed by atoms with Crippen LogP contribution in [0.25, 0.3) is 11.3 Å². The average Bonchev–Trinajstić information content (AvgIpc) is 2.77. The van der Waals surface area contributed by atoms with Gasteiger partial charge in [0.25, 0.3) is 0 Å². The lowest BCUT2D eigenvalue weighted by Crippen LogP contribution is -2.04. The van der Waals surface area contributed by atoms with Gasteiger partial charge in [-0.25, -0.2) is 0 Å². The van der Waals surface area contributed by atoms with Gasteiger partial charge in [-0.1, -0.05) is 50.6 Å². The number of anilines is 1. The van der Waals surface area contributed by atoms with Crippen LogP contribution in [0.3, 0.4) is 0 Å². The molecule has 0 spiro atoms. The van der Waals surface area contributed by atoms with Gasteiger partial charge >= 0.3 is 0 Å². The summed E-state index contributed by atoms with van der Waals surface area (Å²) < 4.78 is 0. The molecule has 21 heavy (non-hydrogen) atoms. The molecule has 0 unspecified atom stereocenters. The van der Waals surface area contributed by atoms with Crippen LogP contribution in [-0.2, 0) is 6.42 Å². The molecule has 2 rings (SSSR count). The van der Waals surface area contributed by atoms with Gasteiger partial charge in [0, 0.05) is 17.7 Å². The molecule has 0 aliphatic rings. The van der Waals surface area contributed by atoms with Crippen LogP contribution in [0.1, 0.15) is 49.2 Å². The van der Waals surface area contributed by atoms with Crippen LogP contribution in [0.5, 0.6) is 0 Å². The molecule has 0 radical (unpaired) electrons. The number of rotatable bonds is 6. The Morgan fingerprint density at radius 1 is 1.14 bits per heavy atom. The quantitative estimate of drug-likeness (QED) is 0.765. The third kappa shape index (κ3) is 3.67. The smallest absolute Gasteiger partial charge is 0.166 e. The molecule has 0 saturated heterocycles. The molecule has 0 bridgehead atoms. The summed E-state index contributed by atoms with van der Waals surface area (Å²) >= 11 is 0. The first-order valence-corrected chi connectivity index (χ1v) is 7.27. The molecule has 1 heterocycles. The van der Waals surface area contributed by atoms with E-state index in [1.54, 1.807) is 0 Å². The summed E-state index contributed by atoms with van der Waals surface area (Å²) in [5.74, 6) is 0.145. The first-order valence-electron chi connectivity index (χ1n) is 7.27. The maximum absolute atomic E-state index is 12.3. The van der Waals surface area contributed by atoms with Crippen molar-refractivity contribution < 1.29 is 4.79 Å². The van der Waals surface area contributed by atoms with Crippen molar-refractivity contribution in [3.05, 3.63) is 41.6 Å². The van der Waals surface area contributed by atoms with Crippen LogP contribution in [0.4, 0.5) is 5.69 Å². The molecule has 0 atom stereocenters. The molecule has 4 heteroatoms. The average molecular weight is 307 g/mol. The third-order valence-corrected chi connectivity index (χ3v) is 3.43. The molecule has 1 aromatic carbocycles. The standard InChI is InChI=1S/C17H22N2O.ClH/c1-3-8-13-15(14(20)9-4-2)16(18)17(19-13)12-10-6-5-7-11-12;/h5-7,10-11,19H,3-4,8-9,18H2,1-2H3;1H. The van der Waals surface area contributed by atoms with Gasteiger partial charge in [-0.2, -0.15) is 0 Å². The molecular formula is C17H23ClN2O. The van der Waals surface area contributed by atoms with Crippen LogP contribution in [-0.4, -0.2) is 10.8 Å². The van der Waals surface area contributed by atoms with Gasteiger partial charge in [-0.05, 0) is 12.8 Å². The normalized spacial score (nSPS) is 10.2. The molecule has 3 nitrogen and oxygen atoms in total. The second kappa shape index (κ2) is 7.89. The highest BCUT2D eigenvalue weighted by Crippen LogP contribution is 2.32. The predicted octanol–water partition coefficient (Wildman–Crippen LogP) is 4.62. The Labute approximate surface area is 132 Å². The monoisotopic (exact) mass is 306 g/mol. The van der Waals surface area contributed by atoms with Crippen molar-refractivity contribution in [3.63, 3.8) is 0 Å². The lowest BCUT2D eigenvalue weighted by Gasteiger charge is -2.03. The van der Waals surface area contributed by atoms with E-state index in [0.717, 1.165) is 36.2 Å². The summed E-state index contributed by atoms with van der Waals surface area (Å²) in [6, 6.07) is 9.93. The summed E-state index contributed by atoms with van der Waals surface area (Å²) in [7, 11) is 0. The number of halogens is 1. The Kier molecular flexibility index (Phi) is 6.50. The van der Waals surface area contributed by atoms with E-state index in [1.165, 1.54) is 0 Å². The number of nitrogen functional groups attached to an aromatic ring is 1. The van der Waals surface area contributed by atoms with Crippen molar-refractivity contribution in [1.82, 2.24) is 4.98 Å². The first-order chi connectivity index (χ1) is 9.69. The highest BCUT2D eigenvalue weighted by Gasteiger charge is 2.20. The largest absolute Gasteiger partial charge is 0.396 e. The number of carbonyl (C=O) groups excluding carboxylic acids is 1. The van der Waals surface area contributed by atoms with Crippen molar-refractivity contribution in [1.29, 1.82) is 0 Å². The van der Waals surface area contributed by atoms with Crippen LogP contribution < -0.4 is 5.73 Å². The van der Waals surface area contributed by atoms with E-state index in [4.69, 9.17) is 5.73 Å². The summed E-state index contributed by atoms with van der Waals surface area (Å²) in [6.45, 7) is 4.12. The van der Waals surface area contributed by atoms with E-state index >= 15 is 0 Å². The number of Topliss-reactive ketones (excluding diaryl/α,β-unsaturated/α-hetero) is 1. The zero-order valence-electron chi connectivity index (χ0n) is 12.6. The number of nitrogens with one attached hydrogen (secondary N) is 1. The number of H-pyrrole nitrogens is 1. The second-order valence-corrected chi connectivity index (χ2v) is 5.06. The molecule has 2 aromatic rings. The lowest BCUT2D eigenvalue weighted by molar-refractivity contribution is 0.0982. The van der Waals surface area contributed by atoms with Crippen molar-refractivity contribution in [2.75, 3.05) is 5.73 Å². The van der Waals surface area contributed by atoms with Gasteiger partial charge < -0.3 is 10.7 Å². The highest BCUT2D eigenvalue weighted by atomic mass is 35.5. The lowest BCUT2D eigenvalue weighted by atomic mass is 10.0. The fourth-order valence-corrected chi connectivity index (χ4v) is 2.51. The highest BCUT2D eigenvalue weighted by molar-refractivity contribution is 6.05. The minimum atomic E-state index is 0. The Morgan fingerprint density at radius 3 is 2.38 bits per heavy atom. The minimum absolute atomic E-state index is 0. The second-order valence-electron chi connectivity index (χ2n) is 5.06. The topological polar surface area (TPSA) is 58.9 Å². The molecule has 1 aromatic heterocycles. The van der Waals surface area contributed by atoms with Gasteiger partial charge in [0.15, 0.2) is 5.78 Å². The van der Waals surface area contributed by atoms with E-state index < -0.39 is 0 Å². The molecule has 0 fully saturated rings. The maximum Gasteiger partial charge on any atom is 0.166 e. The van der Waals surface area contributed by atoms with E-state index in [0.29, 0.717) is 17.7 Å². The fraction of sp³-hybridized carbons (Fsp3) is 0.353. The van der Waals surface area contributed by atoms with Crippen molar-refractivity contribution in [2.24, 2.45) is 0 Å². The third-order valence-electron chi connectivity index (χ3n) is 3.43. The van der Waals surface area contributed by atoms with Gasteiger partial charge in [0.1, 0.15) is 0 Å². The minimum Gasteiger partial charge on any atom is -0.396 e. The fourth-order valence-electron chi connectivity index (χ4n) is 2.51. The summed E-state index contributed by atoms with van der Waals surface area (Å²) in [4.78, 5) is 15.7. The van der Waals surface area contributed by atoms with Gasteiger partial charge in [-0.15, -0.1) is 12.4 Å². The number of nitrogens with two attached hydrogens (primary N) is 1. The summed E-state index contributed by atoms with van der Waals surface area (Å²) in [5.41, 5.74) is 10.4. The van der Waals surface area contributed by atoms with Crippen molar-refractivity contribution in [3.8, 4) is 11.3 Å². The molecule has 0 aliphatic carbocycles. The summed E-state index contributed by atoms with van der Waals surface area (Å²) in [5, 5.41) is 0. The van der Waals surface area contributed by atoms with Crippen LogP contribution in [0.15, 0.2) is 30.3 Å². The first kappa shape index (κ1) is 17.3. The van der Waals surface area contributed by atoms with Crippen molar-refractivity contribution in [2.45, 2.75) is 39.5 Å². The SMILES string of the molecule is CCCC(=O)c1c(CCC)[nH]c(-c2ccccc2)c1N.Cl. The Hall–Kier alpha value is -1.74. The summed E-state index contributed by atoms with van der Waals surface area (Å²) in [6.07, 6.45) is 3.23. The molecule has 114 valence electrons. The van der Waals surface area contributed by atoms with Gasteiger partial charge in [0.05, 0.1) is 16.9 Å². The number of hydrogen-bond donors (Lipinski definition) is 2. The van der Waals surface area contributed by atoms with Gasteiger partial charge in [0.2, 0.25) is 0 Å². The number of carbonyl (C=O) groups is 1. The number of hydrogen-bond acceptors (Lipinski definition) is 2. The number of benzene rings is 1. The molecule has 0 amide bonds. The molecule has 3 N–H and O–H groups in total. The predicted molar refractivity (Wildman–Crippen MR) is 91.1 cm³/mol. The Morgan fingerprint density at radius 2 is 1.81 bits per heavy atom. The van der Waals surface area contributed by atoms with Crippen LogP contribution in [0, 0.1) is 0 Å². The van der Waals surface area contributed by atoms with Crippen LogP contribution >= 0.6 is 12.4 Å². The van der Waals surface area contributed by atoms with E-state index in [9.17, 15) is 4.79 Å². The molecule has 0 saturated carbocycles. The van der Waals surface area contributed by atoms with Gasteiger partial charge in [-0.3, -0.25) is 4.79 Å². The number of aryl methyl sites for hydroxylation is 1. The van der Waals surface area contributed by atoms with Crippen molar-refractivity contribution >= 4 is 23.9 Å².